The first-order valence-corrected chi connectivity index (χ1v) is 6.96. The average Bonchev–Trinajstić information content (AvgIpc) is 2.98. The monoisotopic (exact) mass is 274 g/mol. The van der Waals surface area contributed by atoms with Crippen LogP contribution >= 0.6 is 11.3 Å². The zero-order valence-electron chi connectivity index (χ0n) is 10.3. The Hall–Kier alpha value is -1.85. The second kappa shape index (κ2) is 5.42. The minimum atomic E-state index is -0.551. The van der Waals surface area contributed by atoms with Crippen molar-refractivity contribution in [3.63, 3.8) is 0 Å². The number of para-hydroxylation sites is 1. The Balaban J connectivity index is 1.56. The molecule has 0 spiro atoms. The van der Waals surface area contributed by atoms with Crippen molar-refractivity contribution in [2.24, 2.45) is 0 Å². The van der Waals surface area contributed by atoms with Gasteiger partial charge in [0, 0.05) is 24.2 Å². The number of ether oxygens (including phenoxy) is 1. The summed E-state index contributed by atoms with van der Waals surface area (Å²) >= 11 is 1.58. The first kappa shape index (κ1) is 12.2. The molecular formula is C14H14N2O2S. The Kier molecular flexibility index (Phi) is 3.48. The molecule has 19 heavy (non-hydrogen) atoms. The standard InChI is InChI=1S/C14H14N2O2S/c17-12(10-18-13-4-2-1-3-5-13)8-11-9-16-6-7-19-14(16)15-11/h1-7,9,12,17H,8,10H2. The fraction of sp³-hybridized carbons (Fsp3) is 0.214. The van der Waals surface area contributed by atoms with Crippen molar-refractivity contribution in [3.8, 4) is 5.75 Å². The van der Waals surface area contributed by atoms with Gasteiger partial charge in [0.2, 0.25) is 0 Å². The summed E-state index contributed by atoms with van der Waals surface area (Å²) in [7, 11) is 0. The number of aliphatic hydroxyl groups is 1. The molecule has 0 aliphatic heterocycles. The summed E-state index contributed by atoms with van der Waals surface area (Å²) in [6, 6.07) is 9.50. The van der Waals surface area contributed by atoms with E-state index < -0.39 is 6.10 Å². The van der Waals surface area contributed by atoms with Crippen LogP contribution in [0.25, 0.3) is 4.96 Å². The lowest BCUT2D eigenvalue weighted by Crippen LogP contribution is -2.20. The number of fused-ring (bicyclic) bond motifs is 1. The van der Waals surface area contributed by atoms with E-state index in [2.05, 4.69) is 4.98 Å². The van der Waals surface area contributed by atoms with E-state index in [9.17, 15) is 5.11 Å². The van der Waals surface area contributed by atoms with Crippen molar-refractivity contribution in [2.75, 3.05) is 6.61 Å². The van der Waals surface area contributed by atoms with Crippen LogP contribution in [0.1, 0.15) is 5.69 Å². The van der Waals surface area contributed by atoms with Gasteiger partial charge in [-0.3, -0.25) is 4.40 Å². The number of benzene rings is 1. The van der Waals surface area contributed by atoms with E-state index in [0.717, 1.165) is 16.4 Å². The number of hydrogen-bond donors (Lipinski definition) is 1. The number of imidazole rings is 1. The summed E-state index contributed by atoms with van der Waals surface area (Å²) < 4.78 is 7.48. The van der Waals surface area contributed by atoms with E-state index in [-0.39, 0.29) is 6.61 Å². The predicted molar refractivity (Wildman–Crippen MR) is 74.7 cm³/mol. The maximum atomic E-state index is 9.96. The number of rotatable bonds is 5. The van der Waals surface area contributed by atoms with Gasteiger partial charge in [0.05, 0.1) is 11.8 Å². The molecule has 0 fully saturated rings. The third kappa shape index (κ3) is 2.94. The van der Waals surface area contributed by atoms with Crippen molar-refractivity contribution in [1.29, 1.82) is 0 Å². The summed E-state index contributed by atoms with van der Waals surface area (Å²) in [4.78, 5) is 5.38. The van der Waals surface area contributed by atoms with E-state index in [1.807, 2.05) is 52.5 Å². The topological polar surface area (TPSA) is 46.8 Å². The molecule has 1 N–H and O–H groups in total. The van der Waals surface area contributed by atoms with Crippen LogP contribution in [0.5, 0.6) is 5.75 Å². The first-order chi connectivity index (χ1) is 9.31. The van der Waals surface area contributed by atoms with Crippen LogP contribution < -0.4 is 4.74 Å². The number of hydrogen-bond acceptors (Lipinski definition) is 4. The molecule has 98 valence electrons. The lowest BCUT2D eigenvalue weighted by atomic mass is 10.2. The van der Waals surface area contributed by atoms with Gasteiger partial charge in [0.25, 0.3) is 0 Å². The molecule has 2 aromatic heterocycles. The lowest BCUT2D eigenvalue weighted by Gasteiger charge is -2.10. The van der Waals surface area contributed by atoms with E-state index in [0.29, 0.717) is 6.42 Å². The maximum Gasteiger partial charge on any atom is 0.193 e. The largest absolute Gasteiger partial charge is 0.491 e. The molecule has 0 amide bonds. The summed E-state index contributed by atoms with van der Waals surface area (Å²) in [6.45, 7) is 0.273. The van der Waals surface area contributed by atoms with Crippen LogP contribution in [0, 0.1) is 0 Å². The first-order valence-electron chi connectivity index (χ1n) is 6.08. The Morgan fingerprint density at radius 1 is 1.32 bits per heavy atom. The molecule has 4 nitrogen and oxygen atoms in total. The van der Waals surface area contributed by atoms with Gasteiger partial charge < -0.3 is 9.84 Å². The molecule has 1 atom stereocenters. The molecule has 0 aliphatic rings. The highest BCUT2D eigenvalue weighted by Crippen LogP contribution is 2.13. The van der Waals surface area contributed by atoms with Crippen LogP contribution in [-0.2, 0) is 6.42 Å². The van der Waals surface area contributed by atoms with Crippen molar-refractivity contribution < 1.29 is 9.84 Å². The minimum absolute atomic E-state index is 0.273. The lowest BCUT2D eigenvalue weighted by molar-refractivity contribution is 0.107. The number of aliphatic hydroxyl groups excluding tert-OH is 1. The third-order valence-corrected chi connectivity index (χ3v) is 3.54. The van der Waals surface area contributed by atoms with Gasteiger partial charge >= 0.3 is 0 Å². The molecule has 2 heterocycles. The molecular weight excluding hydrogens is 260 g/mol. The Bertz CT molecular complexity index is 619. The molecule has 0 bridgehead atoms. The van der Waals surface area contributed by atoms with Gasteiger partial charge in [-0.15, -0.1) is 11.3 Å². The zero-order chi connectivity index (χ0) is 13.1. The highest BCUT2D eigenvalue weighted by Gasteiger charge is 2.10. The summed E-state index contributed by atoms with van der Waals surface area (Å²) in [5.41, 5.74) is 0.885. The van der Waals surface area contributed by atoms with E-state index in [1.165, 1.54) is 0 Å². The van der Waals surface area contributed by atoms with Crippen molar-refractivity contribution >= 4 is 16.3 Å². The molecule has 3 aromatic rings. The molecule has 0 radical (unpaired) electrons. The highest BCUT2D eigenvalue weighted by molar-refractivity contribution is 7.15. The fourth-order valence-corrected chi connectivity index (χ4v) is 2.60. The van der Waals surface area contributed by atoms with E-state index in [1.54, 1.807) is 11.3 Å². The molecule has 5 heteroatoms. The normalized spacial score (nSPS) is 12.7. The molecule has 3 rings (SSSR count). The van der Waals surface area contributed by atoms with Gasteiger partial charge in [0.15, 0.2) is 4.96 Å². The predicted octanol–water partition coefficient (Wildman–Crippen LogP) is 2.38. The van der Waals surface area contributed by atoms with Gasteiger partial charge in [0.1, 0.15) is 12.4 Å². The Labute approximate surface area is 114 Å². The third-order valence-electron chi connectivity index (χ3n) is 2.77. The van der Waals surface area contributed by atoms with Crippen molar-refractivity contribution in [3.05, 3.63) is 53.8 Å². The summed E-state index contributed by atoms with van der Waals surface area (Å²) in [6.07, 6.45) is 3.85. The second-order valence-electron chi connectivity index (χ2n) is 4.31. The van der Waals surface area contributed by atoms with Gasteiger partial charge in [-0.2, -0.15) is 0 Å². The Morgan fingerprint density at radius 2 is 2.16 bits per heavy atom. The molecule has 0 saturated carbocycles. The SMILES string of the molecule is OC(COc1ccccc1)Cc1cn2ccsc2n1. The highest BCUT2D eigenvalue weighted by atomic mass is 32.1. The van der Waals surface area contributed by atoms with E-state index in [4.69, 9.17) is 4.74 Å². The number of thiazole rings is 1. The summed E-state index contributed by atoms with van der Waals surface area (Å²) in [5.74, 6) is 0.771. The quantitative estimate of drug-likeness (QED) is 0.777. The van der Waals surface area contributed by atoms with Crippen LogP contribution in [0.2, 0.25) is 0 Å². The summed E-state index contributed by atoms with van der Waals surface area (Å²) in [5, 5.41) is 11.9. The number of nitrogens with zero attached hydrogens (tertiary/aromatic N) is 2. The van der Waals surface area contributed by atoms with Gasteiger partial charge in [-0.1, -0.05) is 18.2 Å². The average molecular weight is 274 g/mol. The molecule has 0 aliphatic carbocycles. The van der Waals surface area contributed by atoms with E-state index >= 15 is 0 Å². The van der Waals surface area contributed by atoms with Crippen LogP contribution in [0.4, 0.5) is 0 Å². The molecule has 1 aromatic carbocycles. The second-order valence-corrected chi connectivity index (χ2v) is 5.18. The molecule has 1 unspecified atom stereocenters. The number of aromatic nitrogens is 2. The minimum Gasteiger partial charge on any atom is -0.491 e. The Morgan fingerprint density at radius 3 is 2.95 bits per heavy atom. The van der Waals surface area contributed by atoms with Gasteiger partial charge in [-0.05, 0) is 12.1 Å². The van der Waals surface area contributed by atoms with Crippen LogP contribution in [-0.4, -0.2) is 27.2 Å². The molecule has 0 saturated heterocycles. The smallest absolute Gasteiger partial charge is 0.193 e. The van der Waals surface area contributed by atoms with Gasteiger partial charge in [-0.25, -0.2) is 4.98 Å². The van der Waals surface area contributed by atoms with Crippen LogP contribution in [0.15, 0.2) is 48.1 Å². The fourth-order valence-electron chi connectivity index (χ4n) is 1.88. The van der Waals surface area contributed by atoms with Crippen molar-refractivity contribution in [1.82, 2.24) is 9.38 Å². The van der Waals surface area contributed by atoms with Crippen molar-refractivity contribution in [2.45, 2.75) is 12.5 Å². The maximum absolute atomic E-state index is 9.96. The van der Waals surface area contributed by atoms with Crippen LogP contribution in [0.3, 0.4) is 0 Å². The zero-order valence-corrected chi connectivity index (χ0v) is 11.1.